The summed E-state index contributed by atoms with van der Waals surface area (Å²) in [4.78, 5) is 4.02. The summed E-state index contributed by atoms with van der Waals surface area (Å²) < 4.78 is 1.87. The van der Waals surface area contributed by atoms with Gasteiger partial charge in [-0.25, -0.2) is 4.98 Å². The van der Waals surface area contributed by atoms with Crippen molar-refractivity contribution in [3.63, 3.8) is 0 Å². The number of aryl methyl sites for hydroxylation is 1. The van der Waals surface area contributed by atoms with Gasteiger partial charge in [0.2, 0.25) is 0 Å². The maximum atomic E-state index is 7.03. The van der Waals surface area contributed by atoms with Crippen LogP contribution in [0.1, 0.15) is 18.4 Å². The Morgan fingerprint density at radius 2 is 2.36 bits per heavy atom. The zero-order valence-electron chi connectivity index (χ0n) is 6.70. The first-order chi connectivity index (χ1) is 5.29. The normalized spacial score (nSPS) is 10.7. The van der Waals surface area contributed by atoms with E-state index in [9.17, 15) is 0 Å². The van der Waals surface area contributed by atoms with E-state index in [1.165, 1.54) is 6.21 Å². The number of imidazole rings is 1. The van der Waals surface area contributed by atoms with Gasteiger partial charge in [0, 0.05) is 18.1 Å². The molecule has 0 spiro atoms. The molecule has 0 atom stereocenters. The van der Waals surface area contributed by atoms with Crippen molar-refractivity contribution in [2.24, 2.45) is 0 Å². The largest absolute Gasteiger partial charge is 0.305 e. The predicted octanol–water partition coefficient (Wildman–Crippen LogP) is 1.68. The molecule has 0 saturated heterocycles. The molecule has 1 N–H and O–H groups in total. The van der Waals surface area contributed by atoms with E-state index in [1.807, 2.05) is 30.7 Å². The minimum Gasteiger partial charge on any atom is -0.305 e. The first-order valence-corrected chi connectivity index (χ1v) is 3.46. The lowest BCUT2D eigenvalue weighted by atomic mass is 10.5. The van der Waals surface area contributed by atoms with Gasteiger partial charge in [0.1, 0.15) is 0 Å². The molecule has 1 heterocycles. The first-order valence-electron chi connectivity index (χ1n) is 3.46. The third kappa shape index (κ3) is 1.37. The number of rotatable bonds is 2. The summed E-state index contributed by atoms with van der Waals surface area (Å²) in [5.41, 5.74) is 1.04. The van der Waals surface area contributed by atoms with Gasteiger partial charge in [-0.15, -0.1) is 0 Å². The second-order valence-corrected chi connectivity index (χ2v) is 2.25. The average molecular weight is 149 g/mol. The summed E-state index contributed by atoms with van der Waals surface area (Å²) in [5.74, 6) is 0.667. The van der Waals surface area contributed by atoms with Crippen molar-refractivity contribution >= 4 is 12.4 Å². The van der Waals surface area contributed by atoms with E-state index in [0.717, 1.165) is 5.69 Å². The SMILES string of the molecule is C/C=C\n1c(C)cnc1C=N. The van der Waals surface area contributed by atoms with Gasteiger partial charge >= 0.3 is 0 Å². The van der Waals surface area contributed by atoms with Crippen LogP contribution in [-0.4, -0.2) is 15.8 Å². The fourth-order valence-electron chi connectivity index (χ4n) is 0.914. The zero-order valence-corrected chi connectivity index (χ0v) is 6.70. The lowest BCUT2D eigenvalue weighted by Crippen LogP contribution is -1.95. The average Bonchev–Trinajstić information content (AvgIpc) is 2.34. The third-order valence-electron chi connectivity index (χ3n) is 1.44. The van der Waals surface area contributed by atoms with Crippen molar-refractivity contribution in [3.8, 4) is 0 Å². The van der Waals surface area contributed by atoms with Crippen molar-refractivity contribution in [1.29, 1.82) is 5.41 Å². The van der Waals surface area contributed by atoms with E-state index in [4.69, 9.17) is 5.41 Å². The van der Waals surface area contributed by atoms with Crippen molar-refractivity contribution < 1.29 is 0 Å². The third-order valence-corrected chi connectivity index (χ3v) is 1.44. The van der Waals surface area contributed by atoms with Crippen LogP contribution in [0.5, 0.6) is 0 Å². The second kappa shape index (κ2) is 3.14. The molecule has 0 amide bonds. The molecule has 0 bridgehead atoms. The number of hydrogen-bond donors (Lipinski definition) is 1. The lowest BCUT2D eigenvalue weighted by Gasteiger charge is -1.97. The van der Waals surface area contributed by atoms with Crippen molar-refractivity contribution in [2.45, 2.75) is 13.8 Å². The summed E-state index contributed by atoms with van der Waals surface area (Å²) in [6, 6.07) is 0. The van der Waals surface area contributed by atoms with Gasteiger partial charge in [-0.2, -0.15) is 0 Å². The Bertz CT molecular complexity index is 284. The van der Waals surface area contributed by atoms with Crippen LogP contribution in [0.2, 0.25) is 0 Å². The van der Waals surface area contributed by atoms with Crippen LogP contribution in [0, 0.1) is 12.3 Å². The smallest absolute Gasteiger partial charge is 0.154 e. The summed E-state index contributed by atoms with van der Waals surface area (Å²) in [7, 11) is 0. The van der Waals surface area contributed by atoms with Crippen LogP contribution < -0.4 is 0 Å². The minimum atomic E-state index is 0.667. The standard InChI is InChI=1S/C8H11N3/c1-3-4-11-7(2)6-10-8(11)5-9/h3-6,9H,1-2H3/b4-3-,9-5?. The van der Waals surface area contributed by atoms with Gasteiger partial charge in [-0.3, -0.25) is 0 Å². The summed E-state index contributed by atoms with van der Waals surface area (Å²) in [5, 5.41) is 7.03. The molecule has 3 nitrogen and oxygen atoms in total. The first kappa shape index (κ1) is 7.72. The molecule has 0 fully saturated rings. The molecule has 1 rings (SSSR count). The number of aromatic nitrogens is 2. The fraction of sp³-hybridized carbons (Fsp3) is 0.250. The van der Waals surface area contributed by atoms with Crippen LogP contribution in [-0.2, 0) is 0 Å². The van der Waals surface area contributed by atoms with Gasteiger partial charge in [0.25, 0.3) is 0 Å². The van der Waals surface area contributed by atoms with Crippen molar-refractivity contribution in [2.75, 3.05) is 0 Å². The van der Waals surface area contributed by atoms with E-state index in [1.54, 1.807) is 6.20 Å². The van der Waals surface area contributed by atoms with Gasteiger partial charge in [0.15, 0.2) is 5.82 Å². The summed E-state index contributed by atoms with van der Waals surface area (Å²) in [6.07, 6.45) is 6.80. The Kier molecular flexibility index (Phi) is 2.21. The molecule has 0 saturated carbocycles. The zero-order chi connectivity index (χ0) is 8.27. The molecule has 0 radical (unpaired) electrons. The Morgan fingerprint density at radius 3 is 2.91 bits per heavy atom. The molecule has 0 aliphatic rings. The molecule has 58 valence electrons. The topological polar surface area (TPSA) is 41.7 Å². The van der Waals surface area contributed by atoms with Crippen LogP contribution in [0.3, 0.4) is 0 Å². The molecule has 0 unspecified atom stereocenters. The van der Waals surface area contributed by atoms with E-state index >= 15 is 0 Å². The Morgan fingerprint density at radius 1 is 1.64 bits per heavy atom. The highest BCUT2D eigenvalue weighted by Gasteiger charge is 1.98. The van der Waals surface area contributed by atoms with E-state index in [-0.39, 0.29) is 0 Å². The molecule has 0 aliphatic carbocycles. The van der Waals surface area contributed by atoms with Gasteiger partial charge in [-0.1, -0.05) is 6.08 Å². The molecule has 3 heteroatoms. The van der Waals surface area contributed by atoms with Gasteiger partial charge in [-0.05, 0) is 13.8 Å². The predicted molar refractivity (Wildman–Crippen MR) is 45.9 cm³/mol. The highest BCUT2D eigenvalue weighted by Crippen LogP contribution is 2.01. The van der Waals surface area contributed by atoms with Crippen LogP contribution in [0.4, 0.5) is 0 Å². The maximum Gasteiger partial charge on any atom is 0.154 e. The van der Waals surface area contributed by atoms with E-state index < -0.39 is 0 Å². The van der Waals surface area contributed by atoms with Crippen LogP contribution in [0.15, 0.2) is 12.3 Å². The Hall–Kier alpha value is -1.38. The van der Waals surface area contributed by atoms with Crippen LogP contribution >= 0.6 is 0 Å². The summed E-state index contributed by atoms with van der Waals surface area (Å²) in [6.45, 7) is 3.90. The van der Waals surface area contributed by atoms with E-state index in [2.05, 4.69) is 4.98 Å². The minimum absolute atomic E-state index is 0.667. The highest BCUT2D eigenvalue weighted by atomic mass is 15.1. The summed E-state index contributed by atoms with van der Waals surface area (Å²) >= 11 is 0. The number of nitrogens with zero attached hydrogens (tertiary/aromatic N) is 2. The number of hydrogen-bond acceptors (Lipinski definition) is 2. The van der Waals surface area contributed by atoms with Gasteiger partial charge < -0.3 is 9.98 Å². The van der Waals surface area contributed by atoms with Crippen molar-refractivity contribution in [1.82, 2.24) is 9.55 Å². The lowest BCUT2D eigenvalue weighted by molar-refractivity contribution is 1.05. The van der Waals surface area contributed by atoms with Crippen molar-refractivity contribution in [3.05, 3.63) is 23.8 Å². The monoisotopic (exact) mass is 149 g/mol. The number of allylic oxidation sites excluding steroid dienone is 1. The molecule has 1 aromatic rings. The molecule has 1 aromatic heterocycles. The maximum absolute atomic E-state index is 7.03. The molecular formula is C8H11N3. The Labute approximate surface area is 65.9 Å². The number of nitrogens with one attached hydrogen (secondary N) is 1. The second-order valence-electron chi connectivity index (χ2n) is 2.25. The highest BCUT2D eigenvalue weighted by molar-refractivity contribution is 5.73. The van der Waals surface area contributed by atoms with E-state index in [0.29, 0.717) is 5.82 Å². The molecular weight excluding hydrogens is 138 g/mol. The molecule has 11 heavy (non-hydrogen) atoms. The quantitative estimate of drug-likeness (QED) is 0.638. The Balaban J connectivity index is 3.17. The van der Waals surface area contributed by atoms with Crippen LogP contribution in [0.25, 0.3) is 6.20 Å². The van der Waals surface area contributed by atoms with Gasteiger partial charge in [0.05, 0.1) is 6.21 Å². The fourth-order valence-corrected chi connectivity index (χ4v) is 0.914. The molecule has 0 aliphatic heterocycles. The molecule has 0 aromatic carbocycles.